The molecule has 3 heterocycles. The van der Waals surface area contributed by atoms with Gasteiger partial charge < -0.3 is 4.74 Å². The number of imidazole rings is 1. The van der Waals surface area contributed by atoms with Gasteiger partial charge >= 0.3 is 0 Å². The minimum atomic E-state index is -3.83. The van der Waals surface area contributed by atoms with Crippen LogP contribution in [0.5, 0.6) is 5.75 Å². The Balaban J connectivity index is 1.59. The third kappa shape index (κ3) is 3.35. The zero-order valence-electron chi connectivity index (χ0n) is 16.9. The number of aryl methyl sites for hydroxylation is 3. The molecule has 0 unspecified atom stereocenters. The number of ether oxygens (including phenoxy) is 1. The van der Waals surface area contributed by atoms with Gasteiger partial charge in [-0.1, -0.05) is 0 Å². The van der Waals surface area contributed by atoms with Gasteiger partial charge in [-0.2, -0.15) is 4.31 Å². The Morgan fingerprint density at radius 3 is 2.55 bits per heavy atom. The van der Waals surface area contributed by atoms with Crippen LogP contribution in [0.2, 0.25) is 0 Å². The highest BCUT2D eigenvalue weighted by Gasteiger charge is 2.34. The van der Waals surface area contributed by atoms with E-state index in [9.17, 15) is 12.8 Å². The second-order valence-electron chi connectivity index (χ2n) is 7.40. The van der Waals surface area contributed by atoms with Crippen molar-refractivity contribution in [1.29, 1.82) is 0 Å². The number of aromatic nitrogens is 2. The summed E-state index contributed by atoms with van der Waals surface area (Å²) >= 11 is 1.74. The summed E-state index contributed by atoms with van der Waals surface area (Å²) in [4.78, 5) is 7.10. The van der Waals surface area contributed by atoms with Crippen LogP contribution in [-0.2, 0) is 10.0 Å². The monoisotopic (exact) mass is 437 g/mol. The first kappa shape index (κ1) is 20.3. The lowest BCUT2D eigenvalue weighted by Gasteiger charge is -2.30. The Hall–Kier alpha value is -1.97. The molecule has 0 spiro atoms. The van der Waals surface area contributed by atoms with Crippen molar-refractivity contribution < 1.29 is 17.5 Å². The molecule has 1 fully saturated rings. The van der Waals surface area contributed by atoms with Crippen LogP contribution in [0, 0.1) is 26.6 Å². The Bertz CT molecular complexity index is 1180. The molecule has 156 valence electrons. The predicted octanol–water partition coefficient (Wildman–Crippen LogP) is 4.04. The van der Waals surface area contributed by atoms with Crippen LogP contribution < -0.4 is 4.74 Å². The Labute approximate surface area is 174 Å². The fourth-order valence-electron chi connectivity index (χ4n) is 4.03. The number of hydrogen-bond donors (Lipinski definition) is 0. The zero-order valence-corrected chi connectivity index (χ0v) is 18.5. The maximum absolute atomic E-state index is 13.7. The van der Waals surface area contributed by atoms with Crippen molar-refractivity contribution in [3.63, 3.8) is 0 Å². The molecule has 3 aromatic rings. The minimum absolute atomic E-state index is 0.122. The van der Waals surface area contributed by atoms with E-state index in [4.69, 9.17) is 9.72 Å². The molecule has 0 aliphatic carbocycles. The Morgan fingerprint density at radius 1 is 1.21 bits per heavy atom. The summed E-state index contributed by atoms with van der Waals surface area (Å²) in [5.41, 5.74) is 2.27. The lowest BCUT2D eigenvalue weighted by atomic mass is 9.95. The second kappa shape index (κ2) is 7.37. The lowest BCUT2D eigenvalue weighted by Crippen LogP contribution is -2.38. The summed E-state index contributed by atoms with van der Waals surface area (Å²) in [7, 11) is -2.44. The maximum atomic E-state index is 13.7. The van der Waals surface area contributed by atoms with E-state index in [2.05, 4.69) is 18.2 Å². The molecule has 0 radical (unpaired) electrons. The number of rotatable bonds is 4. The third-order valence-electron chi connectivity index (χ3n) is 5.71. The van der Waals surface area contributed by atoms with Gasteiger partial charge in [0, 0.05) is 29.6 Å². The van der Waals surface area contributed by atoms with E-state index in [-0.39, 0.29) is 16.6 Å². The fraction of sp³-hybridized carbons (Fsp3) is 0.450. The summed E-state index contributed by atoms with van der Waals surface area (Å²) in [6, 6.07) is 3.57. The second-order valence-corrected chi connectivity index (χ2v) is 10.5. The lowest BCUT2D eigenvalue weighted by molar-refractivity contribution is 0.315. The van der Waals surface area contributed by atoms with Crippen molar-refractivity contribution in [1.82, 2.24) is 13.7 Å². The van der Waals surface area contributed by atoms with Crippen LogP contribution >= 0.6 is 11.3 Å². The van der Waals surface area contributed by atoms with E-state index in [1.807, 2.05) is 6.92 Å². The molecule has 29 heavy (non-hydrogen) atoms. The molecule has 6 nitrogen and oxygen atoms in total. The van der Waals surface area contributed by atoms with E-state index in [0.717, 1.165) is 22.4 Å². The van der Waals surface area contributed by atoms with Crippen LogP contribution in [0.1, 0.15) is 40.8 Å². The van der Waals surface area contributed by atoms with Crippen molar-refractivity contribution >= 4 is 26.2 Å². The number of fused-ring (bicyclic) bond motifs is 1. The van der Waals surface area contributed by atoms with Gasteiger partial charge in [-0.25, -0.2) is 17.8 Å². The highest BCUT2D eigenvalue weighted by atomic mass is 32.2. The van der Waals surface area contributed by atoms with Crippen molar-refractivity contribution in [2.45, 2.75) is 44.4 Å². The first-order valence-electron chi connectivity index (χ1n) is 9.52. The average Bonchev–Trinajstić information content (AvgIpc) is 3.18. The summed E-state index contributed by atoms with van der Waals surface area (Å²) < 4.78 is 48.6. The summed E-state index contributed by atoms with van der Waals surface area (Å²) in [6.07, 6.45) is 1.36. The van der Waals surface area contributed by atoms with Crippen LogP contribution in [0.25, 0.3) is 4.83 Å². The number of hydrogen-bond acceptors (Lipinski definition) is 5. The van der Waals surface area contributed by atoms with Gasteiger partial charge in [0.2, 0.25) is 10.0 Å². The molecule has 0 bridgehead atoms. The fourth-order valence-corrected chi connectivity index (χ4v) is 6.87. The number of piperidine rings is 1. The summed E-state index contributed by atoms with van der Waals surface area (Å²) in [6.45, 7) is 6.95. The SMILES string of the molecule is COc1ccc(F)cc1S(=O)(=O)N1CCC(c2nc(C)n3c(C)c(C)sc23)CC1. The molecular formula is C20H24FN3O3S2. The van der Waals surface area contributed by atoms with E-state index in [1.54, 1.807) is 11.3 Å². The Morgan fingerprint density at radius 2 is 1.90 bits per heavy atom. The highest BCUT2D eigenvalue weighted by molar-refractivity contribution is 7.89. The molecule has 0 amide bonds. The van der Waals surface area contributed by atoms with Crippen LogP contribution in [0.4, 0.5) is 4.39 Å². The molecule has 1 saturated heterocycles. The number of sulfonamides is 1. The first-order chi connectivity index (χ1) is 13.7. The standard InChI is InChI=1S/C20H24FN3O3S2/c1-12-13(2)28-20-19(22-14(3)24(12)20)15-7-9-23(10-8-15)29(25,26)18-11-16(21)5-6-17(18)27-4/h5-6,11,15H,7-10H2,1-4H3. The van der Waals surface area contributed by atoms with E-state index >= 15 is 0 Å². The zero-order chi connectivity index (χ0) is 20.9. The third-order valence-corrected chi connectivity index (χ3v) is 8.81. The first-order valence-corrected chi connectivity index (χ1v) is 11.8. The molecule has 1 aliphatic rings. The van der Waals surface area contributed by atoms with Crippen molar-refractivity contribution in [3.8, 4) is 5.75 Å². The number of halogens is 1. The van der Waals surface area contributed by atoms with E-state index in [0.29, 0.717) is 25.9 Å². The number of benzene rings is 1. The van der Waals surface area contributed by atoms with Gasteiger partial charge in [-0.3, -0.25) is 4.40 Å². The summed E-state index contributed by atoms with van der Waals surface area (Å²) in [5.74, 6) is 0.733. The molecule has 0 saturated carbocycles. The number of methoxy groups -OCH3 is 1. The minimum Gasteiger partial charge on any atom is -0.495 e. The molecule has 0 N–H and O–H groups in total. The van der Waals surface area contributed by atoms with Crippen LogP contribution in [0.15, 0.2) is 23.1 Å². The van der Waals surface area contributed by atoms with E-state index in [1.165, 1.54) is 34.1 Å². The van der Waals surface area contributed by atoms with Crippen molar-refractivity contribution in [2.75, 3.05) is 20.2 Å². The van der Waals surface area contributed by atoms with Crippen LogP contribution in [-0.4, -0.2) is 42.3 Å². The van der Waals surface area contributed by atoms with Gasteiger partial charge in [-0.15, -0.1) is 11.3 Å². The number of nitrogens with zero attached hydrogens (tertiary/aromatic N) is 3. The van der Waals surface area contributed by atoms with Crippen molar-refractivity contribution in [3.05, 3.63) is 46.1 Å². The average molecular weight is 438 g/mol. The highest BCUT2D eigenvalue weighted by Crippen LogP contribution is 2.37. The topological polar surface area (TPSA) is 63.9 Å². The Kier molecular flexibility index (Phi) is 5.16. The normalized spacial score (nSPS) is 16.6. The maximum Gasteiger partial charge on any atom is 0.246 e. The molecule has 0 atom stereocenters. The van der Waals surface area contributed by atoms with Gasteiger partial charge in [0.05, 0.1) is 12.8 Å². The quantitative estimate of drug-likeness (QED) is 0.618. The molecule has 1 aromatic carbocycles. The largest absolute Gasteiger partial charge is 0.495 e. The number of thiazole rings is 1. The molecular weight excluding hydrogens is 413 g/mol. The van der Waals surface area contributed by atoms with Gasteiger partial charge in [0.1, 0.15) is 27.1 Å². The van der Waals surface area contributed by atoms with E-state index < -0.39 is 15.8 Å². The molecule has 2 aromatic heterocycles. The van der Waals surface area contributed by atoms with Gasteiger partial charge in [0.25, 0.3) is 0 Å². The predicted molar refractivity (Wildman–Crippen MR) is 111 cm³/mol. The van der Waals surface area contributed by atoms with Crippen LogP contribution in [0.3, 0.4) is 0 Å². The smallest absolute Gasteiger partial charge is 0.246 e. The van der Waals surface area contributed by atoms with Gasteiger partial charge in [0.15, 0.2) is 0 Å². The van der Waals surface area contributed by atoms with Crippen molar-refractivity contribution in [2.24, 2.45) is 0 Å². The van der Waals surface area contributed by atoms with Gasteiger partial charge in [-0.05, 0) is 51.8 Å². The molecule has 4 rings (SSSR count). The summed E-state index contributed by atoms with van der Waals surface area (Å²) in [5, 5.41) is 0. The molecule has 9 heteroatoms. The molecule has 1 aliphatic heterocycles.